The molecule has 4 rings (SSSR count). The number of anilines is 1. The van der Waals surface area contributed by atoms with Crippen LogP contribution < -0.4 is 16.2 Å². The third kappa shape index (κ3) is 3.29. The van der Waals surface area contributed by atoms with Crippen LogP contribution in [0, 0.1) is 6.92 Å². The van der Waals surface area contributed by atoms with Gasteiger partial charge in [0, 0.05) is 24.0 Å². The molecule has 0 fully saturated rings. The van der Waals surface area contributed by atoms with E-state index in [0.717, 1.165) is 11.1 Å². The van der Waals surface area contributed by atoms with Gasteiger partial charge in [0.15, 0.2) is 5.65 Å². The van der Waals surface area contributed by atoms with E-state index in [-0.39, 0.29) is 35.1 Å². The Labute approximate surface area is 165 Å². The maximum absolute atomic E-state index is 12.1. The summed E-state index contributed by atoms with van der Waals surface area (Å²) in [5, 5.41) is 9.89. The summed E-state index contributed by atoms with van der Waals surface area (Å²) in [6.07, 6.45) is 4.79. The number of hydrogen-bond acceptors (Lipinski definition) is 7. The second-order valence-electron chi connectivity index (χ2n) is 6.46. The van der Waals surface area contributed by atoms with Crippen molar-refractivity contribution >= 4 is 22.9 Å². The number of phenols is 1. The van der Waals surface area contributed by atoms with E-state index in [9.17, 15) is 9.90 Å². The van der Waals surface area contributed by atoms with Gasteiger partial charge in [-0.25, -0.2) is 9.97 Å². The SMILES string of the molecule is Cc1ccc(O)cc1-n1c(N)c(C(N)=O)c2nc(OCc3cccnc3)cnc21. The summed E-state index contributed by atoms with van der Waals surface area (Å²) >= 11 is 0. The number of fused-ring (bicyclic) bond motifs is 1. The van der Waals surface area contributed by atoms with Crippen LogP contribution in [0.4, 0.5) is 5.82 Å². The summed E-state index contributed by atoms with van der Waals surface area (Å²) in [6.45, 7) is 2.09. The largest absolute Gasteiger partial charge is 0.508 e. The van der Waals surface area contributed by atoms with Crippen molar-refractivity contribution in [1.82, 2.24) is 19.5 Å². The minimum absolute atomic E-state index is 0.0436. The van der Waals surface area contributed by atoms with Gasteiger partial charge in [-0.1, -0.05) is 12.1 Å². The molecule has 3 heterocycles. The molecule has 0 radical (unpaired) electrons. The molecule has 146 valence electrons. The van der Waals surface area contributed by atoms with E-state index in [1.54, 1.807) is 35.2 Å². The third-order valence-corrected chi connectivity index (χ3v) is 4.47. The number of nitrogen functional groups attached to an aromatic ring is 1. The van der Waals surface area contributed by atoms with E-state index in [1.165, 1.54) is 12.3 Å². The van der Waals surface area contributed by atoms with Crippen LogP contribution in [0.3, 0.4) is 0 Å². The van der Waals surface area contributed by atoms with Crippen molar-refractivity contribution < 1.29 is 14.6 Å². The fourth-order valence-corrected chi connectivity index (χ4v) is 3.08. The molecule has 0 aliphatic carbocycles. The first-order valence-electron chi connectivity index (χ1n) is 8.74. The smallest absolute Gasteiger partial charge is 0.254 e. The maximum Gasteiger partial charge on any atom is 0.254 e. The summed E-state index contributed by atoms with van der Waals surface area (Å²) in [5.41, 5.74) is 14.6. The van der Waals surface area contributed by atoms with E-state index in [1.807, 2.05) is 13.0 Å². The molecule has 0 aliphatic heterocycles. The molecule has 1 amide bonds. The molecule has 0 aliphatic rings. The van der Waals surface area contributed by atoms with E-state index < -0.39 is 5.91 Å². The quantitative estimate of drug-likeness (QED) is 0.473. The zero-order valence-electron chi connectivity index (χ0n) is 15.5. The summed E-state index contributed by atoms with van der Waals surface area (Å²) < 4.78 is 7.22. The maximum atomic E-state index is 12.1. The molecule has 29 heavy (non-hydrogen) atoms. The summed E-state index contributed by atoms with van der Waals surface area (Å²) in [7, 11) is 0. The standard InChI is InChI=1S/C20H18N6O3/c1-11-4-5-13(27)7-14(11)26-18(21)16(19(22)28)17-20(26)24-9-15(25-17)29-10-12-3-2-6-23-8-12/h2-9,27H,10,21H2,1H3,(H2,22,28). The molecule has 3 aromatic heterocycles. The fraction of sp³-hybridized carbons (Fsp3) is 0.100. The Morgan fingerprint density at radius 3 is 2.83 bits per heavy atom. The Morgan fingerprint density at radius 1 is 1.28 bits per heavy atom. The van der Waals surface area contributed by atoms with Crippen LogP contribution >= 0.6 is 0 Å². The monoisotopic (exact) mass is 390 g/mol. The first kappa shape index (κ1) is 18.2. The number of nitrogens with two attached hydrogens (primary N) is 2. The number of aryl methyl sites for hydroxylation is 1. The number of ether oxygens (including phenoxy) is 1. The van der Waals surface area contributed by atoms with Crippen LogP contribution in [0.15, 0.2) is 48.9 Å². The van der Waals surface area contributed by atoms with Crippen molar-refractivity contribution in [3.05, 3.63) is 65.6 Å². The Balaban J connectivity index is 1.83. The number of rotatable bonds is 5. The number of aromatic hydroxyl groups is 1. The van der Waals surface area contributed by atoms with Crippen LogP contribution in [0.5, 0.6) is 11.6 Å². The molecule has 5 N–H and O–H groups in total. The van der Waals surface area contributed by atoms with Crippen LogP contribution in [-0.4, -0.2) is 30.5 Å². The second kappa shape index (κ2) is 7.12. The first-order valence-corrected chi connectivity index (χ1v) is 8.74. The van der Waals surface area contributed by atoms with Gasteiger partial charge in [-0.05, 0) is 24.6 Å². The van der Waals surface area contributed by atoms with Gasteiger partial charge in [-0.3, -0.25) is 14.3 Å². The summed E-state index contributed by atoms with van der Waals surface area (Å²) in [4.78, 5) is 24.9. The average Bonchev–Trinajstić information content (AvgIpc) is 3.00. The lowest BCUT2D eigenvalue weighted by atomic mass is 10.2. The number of primary amides is 1. The molecule has 1 aromatic carbocycles. The van der Waals surface area contributed by atoms with Gasteiger partial charge in [-0.15, -0.1) is 0 Å². The van der Waals surface area contributed by atoms with Crippen molar-refractivity contribution in [2.24, 2.45) is 5.73 Å². The fourth-order valence-electron chi connectivity index (χ4n) is 3.08. The minimum atomic E-state index is -0.734. The van der Waals surface area contributed by atoms with Gasteiger partial charge < -0.3 is 21.3 Å². The summed E-state index contributed by atoms with van der Waals surface area (Å²) in [5.74, 6) is -0.376. The molecule has 0 unspecified atom stereocenters. The molecule has 0 bridgehead atoms. The van der Waals surface area contributed by atoms with E-state index in [4.69, 9.17) is 16.2 Å². The van der Waals surface area contributed by atoms with Gasteiger partial charge in [-0.2, -0.15) is 0 Å². The molecule has 9 nitrogen and oxygen atoms in total. The molecule has 4 aromatic rings. The number of nitrogens with zero attached hydrogens (tertiary/aromatic N) is 4. The average molecular weight is 390 g/mol. The molecule has 0 saturated carbocycles. The number of hydrogen-bond donors (Lipinski definition) is 3. The number of phenolic OH excluding ortho intramolecular Hbond substituents is 1. The van der Waals surface area contributed by atoms with Crippen molar-refractivity contribution in [1.29, 1.82) is 0 Å². The van der Waals surface area contributed by atoms with Gasteiger partial charge in [0.05, 0.1) is 11.9 Å². The highest BCUT2D eigenvalue weighted by Gasteiger charge is 2.24. The van der Waals surface area contributed by atoms with Gasteiger partial charge in [0.25, 0.3) is 5.91 Å². The molecule has 0 saturated heterocycles. The number of benzene rings is 1. The normalized spacial score (nSPS) is 10.9. The van der Waals surface area contributed by atoms with Crippen LogP contribution in [0.25, 0.3) is 16.9 Å². The van der Waals surface area contributed by atoms with Crippen LogP contribution in [0.2, 0.25) is 0 Å². The van der Waals surface area contributed by atoms with Crippen LogP contribution in [-0.2, 0) is 6.61 Å². The Hall–Kier alpha value is -4.14. The highest BCUT2D eigenvalue weighted by molar-refractivity contribution is 6.09. The number of pyridine rings is 1. The van der Waals surface area contributed by atoms with Gasteiger partial charge in [0.1, 0.15) is 29.3 Å². The number of aromatic nitrogens is 4. The predicted molar refractivity (Wildman–Crippen MR) is 107 cm³/mol. The predicted octanol–water partition coefficient (Wildman–Crippen LogP) is 2.09. The third-order valence-electron chi connectivity index (χ3n) is 4.47. The number of carbonyl (C=O) groups is 1. The van der Waals surface area contributed by atoms with Crippen molar-refractivity contribution in [2.45, 2.75) is 13.5 Å². The first-order chi connectivity index (χ1) is 14.0. The minimum Gasteiger partial charge on any atom is -0.508 e. The van der Waals surface area contributed by atoms with E-state index in [2.05, 4.69) is 15.0 Å². The lowest BCUT2D eigenvalue weighted by Crippen LogP contribution is -2.14. The Kier molecular flexibility index (Phi) is 4.47. The van der Waals surface area contributed by atoms with Crippen LogP contribution in [0.1, 0.15) is 21.5 Å². The second-order valence-corrected chi connectivity index (χ2v) is 6.46. The van der Waals surface area contributed by atoms with E-state index >= 15 is 0 Å². The van der Waals surface area contributed by atoms with Crippen molar-refractivity contribution in [3.8, 4) is 17.3 Å². The molecular formula is C20H18N6O3. The Bertz CT molecular complexity index is 1220. The van der Waals surface area contributed by atoms with E-state index in [0.29, 0.717) is 11.3 Å². The zero-order valence-corrected chi connectivity index (χ0v) is 15.5. The molecule has 0 atom stereocenters. The lowest BCUT2D eigenvalue weighted by molar-refractivity contribution is 0.100. The lowest BCUT2D eigenvalue weighted by Gasteiger charge is -2.11. The Morgan fingerprint density at radius 2 is 2.10 bits per heavy atom. The molecule has 0 spiro atoms. The van der Waals surface area contributed by atoms with Crippen molar-refractivity contribution in [3.63, 3.8) is 0 Å². The summed E-state index contributed by atoms with van der Waals surface area (Å²) in [6, 6.07) is 8.50. The molecular weight excluding hydrogens is 372 g/mol. The molecule has 9 heteroatoms. The zero-order chi connectivity index (χ0) is 20.5. The van der Waals surface area contributed by atoms with Gasteiger partial charge in [0.2, 0.25) is 5.88 Å². The topological polar surface area (TPSA) is 142 Å². The highest BCUT2D eigenvalue weighted by atomic mass is 16.5. The highest BCUT2D eigenvalue weighted by Crippen LogP contribution is 2.32. The number of amides is 1. The number of carbonyl (C=O) groups excluding carboxylic acids is 1. The van der Waals surface area contributed by atoms with Gasteiger partial charge >= 0.3 is 0 Å². The van der Waals surface area contributed by atoms with Crippen molar-refractivity contribution in [2.75, 3.05) is 5.73 Å².